The van der Waals surface area contributed by atoms with Gasteiger partial charge in [-0.05, 0) is 35.9 Å². The molecule has 3 aromatic carbocycles. The highest BCUT2D eigenvalue weighted by Gasteiger charge is 2.31. The van der Waals surface area contributed by atoms with Gasteiger partial charge in [-0.2, -0.15) is 5.26 Å². The molecule has 0 bridgehead atoms. The number of non-ortho nitro benzene ring substituents is 1. The first-order valence-electron chi connectivity index (χ1n) is 9.90. The van der Waals surface area contributed by atoms with Crippen LogP contribution in [0.3, 0.4) is 0 Å². The van der Waals surface area contributed by atoms with Crippen LogP contribution in [-0.2, 0) is 4.79 Å². The topological polar surface area (TPSA) is 138 Å². The van der Waals surface area contributed by atoms with Gasteiger partial charge in [-0.15, -0.1) is 0 Å². The van der Waals surface area contributed by atoms with Crippen molar-refractivity contribution < 1.29 is 23.9 Å². The molecule has 0 spiro atoms. The van der Waals surface area contributed by atoms with E-state index in [4.69, 9.17) is 31.5 Å². The summed E-state index contributed by atoms with van der Waals surface area (Å²) >= 11 is 6.14. The molecular weight excluding hydrogens is 462 g/mol. The lowest BCUT2D eigenvalue weighted by atomic mass is 9.83. The third kappa shape index (κ3) is 4.77. The summed E-state index contributed by atoms with van der Waals surface area (Å²) in [5.74, 6) is -0.436. The zero-order chi connectivity index (χ0) is 24.2. The SMILES string of the molecule is N#CC1=C(N)Oc2cc(OC(=O)COc3ccc([N+](=O)[O-])cc3)ccc2C1c1cccc(Cl)c1. The number of rotatable bonds is 6. The van der Waals surface area contributed by atoms with Crippen LogP contribution < -0.4 is 19.9 Å². The maximum absolute atomic E-state index is 12.2. The summed E-state index contributed by atoms with van der Waals surface area (Å²) in [4.78, 5) is 22.4. The molecule has 0 fully saturated rings. The molecule has 34 heavy (non-hydrogen) atoms. The Balaban J connectivity index is 1.50. The van der Waals surface area contributed by atoms with Gasteiger partial charge >= 0.3 is 5.97 Å². The molecular formula is C24H16ClN3O6. The van der Waals surface area contributed by atoms with E-state index in [1.165, 1.54) is 30.3 Å². The summed E-state index contributed by atoms with van der Waals surface area (Å²) in [6.07, 6.45) is 0. The van der Waals surface area contributed by atoms with E-state index < -0.39 is 23.4 Å². The molecule has 4 rings (SSSR count). The monoisotopic (exact) mass is 477 g/mol. The Kier molecular flexibility index (Phi) is 6.34. The number of esters is 1. The average molecular weight is 478 g/mol. The Morgan fingerprint density at radius 2 is 1.88 bits per heavy atom. The number of nitrogens with zero attached hydrogens (tertiary/aromatic N) is 2. The molecule has 0 aliphatic carbocycles. The number of fused-ring (bicyclic) bond motifs is 1. The molecule has 1 unspecified atom stereocenters. The number of nitro groups is 1. The summed E-state index contributed by atoms with van der Waals surface area (Å²) in [6.45, 7) is -0.415. The molecule has 10 heteroatoms. The van der Waals surface area contributed by atoms with E-state index in [0.717, 1.165) is 5.56 Å². The third-order valence-electron chi connectivity index (χ3n) is 5.01. The van der Waals surface area contributed by atoms with Crippen LogP contribution in [0.5, 0.6) is 17.2 Å². The number of halogens is 1. The number of carbonyl (C=O) groups excluding carboxylic acids is 1. The van der Waals surface area contributed by atoms with Crippen molar-refractivity contribution in [1.82, 2.24) is 0 Å². The number of nitriles is 1. The van der Waals surface area contributed by atoms with Crippen molar-refractivity contribution in [3.05, 3.63) is 104 Å². The summed E-state index contributed by atoms with van der Waals surface area (Å²) < 4.78 is 16.3. The Morgan fingerprint density at radius 1 is 1.15 bits per heavy atom. The van der Waals surface area contributed by atoms with Gasteiger partial charge in [0, 0.05) is 28.8 Å². The van der Waals surface area contributed by atoms with Crippen molar-refractivity contribution >= 4 is 23.3 Å². The van der Waals surface area contributed by atoms with Crippen molar-refractivity contribution in [2.45, 2.75) is 5.92 Å². The molecule has 1 heterocycles. The minimum atomic E-state index is -0.693. The van der Waals surface area contributed by atoms with Gasteiger partial charge < -0.3 is 19.9 Å². The van der Waals surface area contributed by atoms with Crippen LogP contribution in [0.25, 0.3) is 0 Å². The molecule has 1 atom stereocenters. The number of nitro benzene ring substituents is 1. The van der Waals surface area contributed by atoms with Gasteiger partial charge in [0.1, 0.15) is 28.9 Å². The summed E-state index contributed by atoms with van der Waals surface area (Å²) in [5.41, 5.74) is 7.58. The first-order chi connectivity index (χ1) is 16.4. The zero-order valence-electron chi connectivity index (χ0n) is 17.4. The van der Waals surface area contributed by atoms with E-state index >= 15 is 0 Å². The molecule has 9 nitrogen and oxygen atoms in total. The van der Waals surface area contributed by atoms with Crippen LogP contribution in [0.2, 0.25) is 5.02 Å². The average Bonchev–Trinajstić information content (AvgIpc) is 2.82. The van der Waals surface area contributed by atoms with Crippen molar-refractivity contribution in [2.75, 3.05) is 6.61 Å². The number of benzene rings is 3. The first kappa shape index (κ1) is 22.6. The molecule has 0 radical (unpaired) electrons. The maximum atomic E-state index is 12.2. The smallest absolute Gasteiger partial charge is 0.349 e. The fourth-order valence-electron chi connectivity index (χ4n) is 3.50. The highest BCUT2D eigenvalue weighted by Crippen LogP contribution is 2.43. The van der Waals surface area contributed by atoms with Crippen LogP contribution in [0.15, 0.2) is 78.2 Å². The van der Waals surface area contributed by atoms with Gasteiger partial charge in [0.2, 0.25) is 5.88 Å². The zero-order valence-corrected chi connectivity index (χ0v) is 18.2. The van der Waals surface area contributed by atoms with Crippen LogP contribution >= 0.6 is 11.6 Å². The van der Waals surface area contributed by atoms with Crippen LogP contribution in [0.1, 0.15) is 17.0 Å². The van der Waals surface area contributed by atoms with Crippen LogP contribution in [-0.4, -0.2) is 17.5 Å². The molecule has 0 amide bonds. The lowest BCUT2D eigenvalue weighted by Crippen LogP contribution is -2.21. The number of hydrogen-bond acceptors (Lipinski definition) is 8. The quantitative estimate of drug-likeness (QED) is 0.238. The Morgan fingerprint density at radius 3 is 2.56 bits per heavy atom. The fraction of sp³-hybridized carbons (Fsp3) is 0.0833. The lowest BCUT2D eigenvalue weighted by molar-refractivity contribution is -0.384. The van der Waals surface area contributed by atoms with Gasteiger partial charge in [0.05, 0.1) is 10.8 Å². The molecule has 2 N–H and O–H groups in total. The summed E-state index contributed by atoms with van der Waals surface area (Å²) in [7, 11) is 0. The van der Waals surface area contributed by atoms with Crippen molar-refractivity contribution in [3.8, 4) is 23.3 Å². The summed E-state index contributed by atoms with van der Waals surface area (Å²) in [6, 6.07) is 19.2. The maximum Gasteiger partial charge on any atom is 0.349 e. The highest BCUT2D eigenvalue weighted by atomic mass is 35.5. The number of ether oxygens (including phenoxy) is 3. The van der Waals surface area contributed by atoms with E-state index in [1.807, 2.05) is 6.07 Å². The van der Waals surface area contributed by atoms with Crippen LogP contribution in [0, 0.1) is 21.4 Å². The fourth-order valence-corrected chi connectivity index (χ4v) is 3.69. The van der Waals surface area contributed by atoms with Crippen LogP contribution in [0.4, 0.5) is 5.69 Å². The number of nitrogens with two attached hydrogens (primary N) is 1. The van der Waals surface area contributed by atoms with E-state index in [9.17, 15) is 20.2 Å². The van der Waals surface area contributed by atoms with E-state index in [0.29, 0.717) is 16.3 Å². The second-order valence-electron chi connectivity index (χ2n) is 7.19. The van der Waals surface area contributed by atoms with Gasteiger partial charge in [0.15, 0.2) is 6.61 Å². The van der Waals surface area contributed by atoms with Crippen molar-refractivity contribution in [3.63, 3.8) is 0 Å². The predicted octanol–water partition coefficient (Wildman–Crippen LogP) is 4.45. The molecule has 1 aliphatic rings. The van der Waals surface area contributed by atoms with Gasteiger partial charge in [-0.3, -0.25) is 10.1 Å². The second-order valence-corrected chi connectivity index (χ2v) is 7.63. The van der Waals surface area contributed by atoms with Crippen molar-refractivity contribution in [2.24, 2.45) is 5.73 Å². The van der Waals surface area contributed by atoms with E-state index in [2.05, 4.69) is 6.07 Å². The molecule has 0 saturated carbocycles. The molecule has 170 valence electrons. The number of hydrogen-bond donors (Lipinski definition) is 1. The number of carbonyl (C=O) groups is 1. The van der Waals surface area contributed by atoms with E-state index in [1.54, 1.807) is 30.3 Å². The van der Waals surface area contributed by atoms with Gasteiger partial charge in [-0.25, -0.2) is 4.79 Å². The standard InChI is InChI=1S/C24H16ClN3O6/c25-15-3-1-2-14(10-15)23-19-9-8-18(11-21(19)34-24(27)20(23)12-26)33-22(29)13-32-17-6-4-16(5-7-17)28(30)31/h1-11,23H,13,27H2. The second kappa shape index (κ2) is 9.52. The van der Waals surface area contributed by atoms with Crippen molar-refractivity contribution in [1.29, 1.82) is 5.26 Å². The predicted molar refractivity (Wildman–Crippen MR) is 121 cm³/mol. The minimum absolute atomic E-state index is 0.0510. The molecule has 0 saturated heterocycles. The first-order valence-corrected chi connectivity index (χ1v) is 10.3. The van der Waals surface area contributed by atoms with Gasteiger partial charge in [0.25, 0.3) is 5.69 Å². The van der Waals surface area contributed by atoms with Gasteiger partial charge in [-0.1, -0.05) is 29.8 Å². The number of allylic oxidation sites excluding steroid dienone is 1. The Bertz CT molecular complexity index is 1350. The minimum Gasteiger partial charge on any atom is -0.482 e. The van der Waals surface area contributed by atoms with E-state index in [-0.39, 0.29) is 28.6 Å². The normalized spacial score (nSPS) is 14.4. The molecule has 1 aliphatic heterocycles. The third-order valence-corrected chi connectivity index (χ3v) is 5.24. The largest absolute Gasteiger partial charge is 0.482 e. The Hall–Kier alpha value is -4.55. The lowest BCUT2D eigenvalue weighted by Gasteiger charge is -2.26. The Labute approximate surface area is 198 Å². The molecule has 0 aromatic heterocycles. The highest BCUT2D eigenvalue weighted by molar-refractivity contribution is 6.30. The molecule has 3 aromatic rings. The summed E-state index contributed by atoms with van der Waals surface area (Å²) in [5, 5.41) is 20.9.